The molecule has 1 aromatic carbocycles. The molecule has 5 rings (SSSR count). The summed E-state index contributed by atoms with van der Waals surface area (Å²) < 4.78 is 24.1. The van der Waals surface area contributed by atoms with Crippen molar-refractivity contribution in [2.75, 3.05) is 13.3 Å². The van der Waals surface area contributed by atoms with E-state index in [4.69, 9.17) is 21.1 Å². The fourth-order valence-electron chi connectivity index (χ4n) is 4.26. The van der Waals surface area contributed by atoms with Gasteiger partial charge in [0, 0.05) is 23.2 Å². The lowest BCUT2D eigenvalue weighted by molar-refractivity contribution is -0.155. The number of amides is 2. The number of nitrogens with one attached hydrogen (secondary N) is 3. The maximum atomic E-state index is 13.4. The van der Waals surface area contributed by atoms with Crippen LogP contribution < -0.4 is 20.7 Å². The Morgan fingerprint density at radius 3 is 2.67 bits per heavy atom. The first-order chi connectivity index (χ1) is 12.8. The molecule has 0 aromatic heterocycles. The molecular formula is C18H21ClFN3O4. The van der Waals surface area contributed by atoms with E-state index in [-0.39, 0.29) is 46.3 Å². The molecule has 4 aliphatic rings. The number of hydrogen-bond acceptors (Lipinski definition) is 5. The maximum absolute atomic E-state index is 13.4. The first-order valence-corrected chi connectivity index (χ1v) is 9.24. The normalized spacial score (nSPS) is 33.6. The summed E-state index contributed by atoms with van der Waals surface area (Å²) in [5, 5.41) is 9.08. The summed E-state index contributed by atoms with van der Waals surface area (Å²) in [7, 11) is 0. The predicted molar refractivity (Wildman–Crippen MR) is 94.8 cm³/mol. The van der Waals surface area contributed by atoms with Crippen LogP contribution in [0.1, 0.15) is 26.2 Å². The number of carbonyl (C=O) groups excluding carboxylic acids is 2. The van der Waals surface area contributed by atoms with Crippen molar-refractivity contribution in [1.29, 1.82) is 0 Å². The fraction of sp³-hybridized carbons (Fsp3) is 0.556. The van der Waals surface area contributed by atoms with E-state index in [1.807, 2.05) is 6.92 Å². The standard InChI is InChI=1S/C18H21ClFN3O4/c1-10-15(27-9-21-10)16(25)23-18-6-17(7-18,8-18)22-14(24)5-26-11-2-3-12(19)13(20)4-11/h2-4,10,15,21H,5-9H2,1H3,(H,22,24)(H,23,25). The molecule has 146 valence electrons. The molecule has 0 spiro atoms. The number of halogens is 2. The van der Waals surface area contributed by atoms with E-state index in [9.17, 15) is 14.0 Å². The molecule has 0 radical (unpaired) electrons. The monoisotopic (exact) mass is 397 g/mol. The van der Waals surface area contributed by atoms with Gasteiger partial charge in [-0.3, -0.25) is 14.9 Å². The Kier molecular flexibility index (Phi) is 4.52. The summed E-state index contributed by atoms with van der Waals surface area (Å²) in [4.78, 5) is 24.4. The van der Waals surface area contributed by atoms with Gasteiger partial charge in [-0.15, -0.1) is 0 Å². The Morgan fingerprint density at radius 1 is 1.33 bits per heavy atom. The van der Waals surface area contributed by atoms with E-state index in [0.717, 1.165) is 6.07 Å². The lowest BCUT2D eigenvalue weighted by Gasteiger charge is -2.70. The summed E-state index contributed by atoms with van der Waals surface area (Å²) in [6, 6.07) is 4.01. The molecule has 3 aliphatic carbocycles. The van der Waals surface area contributed by atoms with E-state index in [1.165, 1.54) is 12.1 Å². The number of rotatable bonds is 6. The molecule has 3 saturated carbocycles. The van der Waals surface area contributed by atoms with E-state index in [0.29, 0.717) is 26.0 Å². The topological polar surface area (TPSA) is 88.7 Å². The molecule has 1 saturated heterocycles. The highest BCUT2D eigenvalue weighted by atomic mass is 35.5. The first-order valence-electron chi connectivity index (χ1n) is 8.86. The van der Waals surface area contributed by atoms with Crippen LogP contribution in [0.4, 0.5) is 4.39 Å². The maximum Gasteiger partial charge on any atom is 0.258 e. The molecule has 2 atom stereocenters. The van der Waals surface area contributed by atoms with Gasteiger partial charge in [0.05, 0.1) is 11.8 Å². The van der Waals surface area contributed by atoms with Gasteiger partial charge in [0.2, 0.25) is 0 Å². The second-order valence-electron chi connectivity index (χ2n) is 7.72. The average Bonchev–Trinajstić information content (AvgIpc) is 2.99. The van der Waals surface area contributed by atoms with Crippen LogP contribution in [0.15, 0.2) is 18.2 Å². The molecule has 2 bridgehead atoms. The van der Waals surface area contributed by atoms with Crippen LogP contribution >= 0.6 is 11.6 Å². The van der Waals surface area contributed by atoms with Crippen LogP contribution in [-0.2, 0) is 14.3 Å². The molecule has 9 heteroatoms. The van der Waals surface area contributed by atoms with E-state index in [2.05, 4.69) is 16.0 Å². The summed E-state index contributed by atoms with van der Waals surface area (Å²) >= 11 is 5.61. The zero-order valence-electron chi connectivity index (χ0n) is 14.8. The van der Waals surface area contributed by atoms with Crippen molar-refractivity contribution in [2.45, 2.75) is 49.4 Å². The summed E-state index contributed by atoms with van der Waals surface area (Å²) in [6.07, 6.45) is 1.61. The number of benzene rings is 1. The third kappa shape index (κ3) is 3.49. The fourth-order valence-corrected chi connectivity index (χ4v) is 4.37. The Hall–Kier alpha value is -1.90. The van der Waals surface area contributed by atoms with Gasteiger partial charge >= 0.3 is 0 Å². The van der Waals surface area contributed by atoms with Gasteiger partial charge in [-0.2, -0.15) is 0 Å². The molecule has 4 fully saturated rings. The smallest absolute Gasteiger partial charge is 0.258 e. The van der Waals surface area contributed by atoms with Gasteiger partial charge < -0.3 is 20.1 Å². The van der Waals surface area contributed by atoms with Crippen LogP contribution in [0, 0.1) is 5.82 Å². The van der Waals surface area contributed by atoms with Crippen molar-refractivity contribution in [3.63, 3.8) is 0 Å². The Labute approximate surface area is 160 Å². The quantitative estimate of drug-likeness (QED) is 0.669. The average molecular weight is 398 g/mol. The Morgan fingerprint density at radius 2 is 2.04 bits per heavy atom. The minimum atomic E-state index is -0.595. The zero-order valence-corrected chi connectivity index (χ0v) is 15.6. The molecule has 3 N–H and O–H groups in total. The molecule has 1 aliphatic heterocycles. The first kappa shape index (κ1) is 18.5. The van der Waals surface area contributed by atoms with Crippen molar-refractivity contribution in [3.05, 3.63) is 29.0 Å². The molecular weight excluding hydrogens is 377 g/mol. The van der Waals surface area contributed by atoms with Crippen molar-refractivity contribution in [2.24, 2.45) is 0 Å². The van der Waals surface area contributed by atoms with Crippen LogP contribution in [-0.4, -0.2) is 48.4 Å². The van der Waals surface area contributed by atoms with Gasteiger partial charge in [0.25, 0.3) is 11.8 Å². The Bertz CT molecular complexity index is 770. The second-order valence-corrected chi connectivity index (χ2v) is 8.12. The van der Waals surface area contributed by atoms with Crippen molar-refractivity contribution in [1.82, 2.24) is 16.0 Å². The molecule has 27 heavy (non-hydrogen) atoms. The zero-order chi connectivity index (χ0) is 19.2. The van der Waals surface area contributed by atoms with Crippen LogP contribution in [0.25, 0.3) is 0 Å². The minimum absolute atomic E-state index is 0.00110. The second kappa shape index (κ2) is 6.61. The van der Waals surface area contributed by atoms with E-state index < -0.39 is 11.9 Å². The van der Waals surface area contributed by atoms with Gasteiger partial charge in [0.15, 0.2) is 12.7 Å². The van der Waals surface area contributed by atoms with Gasteiger partial charge in [0.1, 0.15) is 11.6 Å². The van der Waals surface area contributed by atoms with Crippen LogP contribution in [0.3, 0.4) is 0 Å². The third-order valence-corrected chi connectivity index (χ3v) is 5.77. The lowest BCUT2D eigenvalue weighted by atomic mass is 9.44. The summed E-state index contributed by atoms with van der Waals surface area (Å²) in [5.74, 6) is -0.739. The molecule has 2 unspecified atom stereocenters. The van der Waals surface area contributed by atoms with Crippen molar-refractivity contribution in [3.8, 4) is 5.75 Å². The largest absolute Gasteiger partial charge is 0.484 e. The van der Waals surface area contributed by atoms with Crippen LogP contribution in [0.5, 0.6) is 5.75 Å². The highest BCUT2D eigenvalue weighted by molar-refractivity contribution is 6.30. The van der Waals surface area contributed by atoms with Gasteiger partial charge in [-0.05, 0) is 38.3 Å². The SMILES string of the molecule is CC1NCOC1C(=O)NC12CC(NC(=O)COc3ccc(Cl)c(F)c3)(C1)C2. The minimum Gasteiger partial charge on any atom is -0.484 e. The van der Waals surface area contributed by atoms with E-state index in [1.54, 1.807) is 0 Å². The summed E-state index contributed by atoms with van der Waals surface area (Å²) in [6.45, 7) is 2.08. The van der Waals surface area contributed by atoms with Crippen LogP contribution in [0.2, 0.25) is 5.02 Å². The third-order valence-electron chi connectivity index (χ3n) is 5.47. The number of ether oxygens (including phenoxy) is 2. The van der Waals surface area contributed by atoms with Crippen molar-refractivity contribution >= 4 is 23.4 Å². The van der Waals surface area contributed by atoms with Gasteiger partial charge in [-0.1, -0.05) is 11.6 Å². The van der Waals surface area contributed by atoms with Crippen molar-refractivity contribution < 1.29 is 23.5 Å². The van der Waals surface area contributed by atoms with Gasteiger partial charge in [-0.25, -0.2) is 4.39 Å². The number of carbonyl (C=O) groups is 2. The molecule has 1 heterocycles. The highest BCUT2D eigenvalue weighted by Gasteiger charge is 2.69. The predicted octanol–water partition coefficient (Wildman–Crippen LogP) is 1.10. The molecule has 2 amide bonds. The Balaban J connectivity index is 1.21. The number of hydrogen-bond donors (Lipinski definition) is 3. The molecule has 7 nitrogen and oxygen atoms in total. The highest BCUT2D eigenvalue weighted by Crippen LogP contribution is 2.60. The summed E-state index contributed by atoms with van der Waals surface area (Å²) in [5.41, 5.74) is -0.518. The van der Waals surface area contributed by atoms with E-state index >= 15 is 0 Å². The molecule has 1 aromatic rings. The lowest BCUT2D eigenvalue weighted by Crippen LogP contribution is -2.84.